The van der Waals surface area contributed by atoms with E-state index in [-0.39, 0.29) is 7.92 Å². The highest BCUT2D eigenvalue weighted by Gasteiger charge is 2.31. The molecule has 0 bridgehead atoms. The molecular formula is C18H22NP. The lowest BCUT2D eigenvalue weighted by atomic mass is 9.96. The zero-order valence-electron chi connectivity index (χ0n) is 11.8. The van der Waals surface area contributed by atoms with Crippen molar-refractivity contribution in [1.82, 2.24) is 0 Å². The maximum absolute atomic E-state index is 6.47. The Hall–Kier alpha value is -1.17. The average molecular weight is 283 g/mol. The fourth-order valence-electron chi connectivity index (χ4n) is 3.17. The second kappa shape index (κ2) is 6.52. The van der Waals surface area contributed by atoms with Crippen LogP contribution in [0.2, 0.25) is 0 Å². The molecule has 20 heavy (non-hydrogen) atoms. The van der Waals surface area contributed by atoms with Crippen LogP contribution in [0.1, 0.15) is 25.7 Å². The van der Waals surface area contributed by atoms with Gasteiger partial charge in [0, 0.05) is 11.7 Å². The largest absolute Gasteiger partial charge is 0.327 e. The molecule has 2 heteroatoms. The van der Waals surface area contributed by atoms with Crippen LogP contribution in [-0.2, 0) is 0 Å². The van der Waals surface area contributed by atoms with Crippen molar-refractivity contribution in [3.05, 3.63) is 60.7 Å². The molecule has 0 radical (unpaired) electrons. The van der Waals surface area contributed by atoms with Crippen LogP contribution >= 0.6 is 7.92 Å². The Kier molecular flexibility index (Phi) is 4.50. The lowest BCUT2D eigenvalue weighted by molar-refractivity contribution is 0.450. The van der Waals surface area contributed by atoms with E-state index in [1.54, 1.807) is 0 Å². The maximum Gasteiger partial charge on any atom is 0.0113 e. The van der Waals surface area contributed by atoms with Crippen LogP contribution in [0, 0.1) is 0 Å². The van der Waals surface area contributed by atoms with Crippen molar-refractivity contribution in [3.8, 4) is 0 Å². The summed E-state index contributed by atoms with van der Waals surface area (Å²) in [5.41, 5.74) is 7.10. The van der Waals surface area contributed by atoms with Gasteiger partial charge in [-0.15, -0.1) is 0 Å². The van der Waals surface area contributed by atoms with E-state index in [1.165, 1.54) is 36.3 Å². The van der Waals surface area contributed by atoms with E-state index < -0.39 is 0 Å². The third kappa shape index (κ3) is 2.95. The molecule has 0 aliphatic heterocycles. The molecule has 2 aromatic rings. The first kappa shape index (κ1) is 13.8. The topological polar surface area (TPSA) is 26.0 Å². The molecule has 0 spiro atoms. The Morgan fingerprint density at radius 3 is 1.75 bits per heavy atom. The third-order valence-corrected chi connectivity index (χ3v) is 7.20. The number of hydrogen-bond donors (Lipinski definition) is 1. The molecule has 2 N–H and O–H groups in total. The highest BCUT2D eigenvalue weighted by molar-refractivity contribution is 7.73. The summed E-state index contributed by atoms with van der Waals surface area (Å²) in [5, 5.41) is 2.94. The van der Waals surface area contributed by atoms with Crippen molar-refractivity contribution in [2.45, 2.75) is 37.4 Å². The summed E-state index contributed by atoms with van der Waals surface area (Å²) in [5.74, 6) is 0. The highest BCUT2D eigenvalue weighted by atomic mass is 31.1. The summed E-state index contributed by atoms with van der Waals surface area (Å²) in [7, 11) is -0.333. The normalized spacial score (nSPS) is 22.9. The molecule has 1 aliphatic rings. The number of hydrogen-bond acceptors (Lipinski definition) is 1. The molecule has 0 aromatic heterocycles. The molecule has 3 rings (SSSR count). The van der Waals surface area contributed by atoms with Gasteiger partial charge in [0.25, 0.3) is 0 Å². The molecule has 1 saturated carbocycles. The maximum atomic E-state index is 6.47. The van der Waals surface area contributed by atoms with Crippen molar-refractivity contribution >= 4 is 18.5 Å². The van der Waals surface area contributed by atoms with Crippen LogP contribution in [0.25, 0.3) is 0 Å². The molecule has 2 unspecified atom stereocenters. The lowest BCUT2D eigenvalue weighted by Gasteiger charge is -2.36. The molecule has 2 aromatic carbocycles. The molecule has 104 valence electrons. The van der Waals surface area contributed by atoms with Gasteiger partial charge in [0.1, 0.15) is 0 Å². The minimum atomic E-state index is -0.333. The van der Waals surface area contributed by atoms with E-state index in [2.05, 4.69) is 60.7 Å². The van der Waals surface area contributed by atoms with E-state index in [4.69, 9.17) is 5.73 Å². The van der Waals surface area contributed by atoms with Crippen molar-refractivity contribution in [2.75, 3.05) is 0 Å². The smallest absolute Gasteiger partial charge is 0.0113 e. The molecule has 0 amide bonds. The van der Waals surface area contributed by atoms with Crippen LogP contribution in [0.3, 0.4) is 0 Å². The van der Waals surface area contributed by atoms with Crippen LogP contribution in [0.4, 0.5) is 0 Å². The Labute approximate surface area is 123 Å². The van der Waals surface area contributed by atoms with Crippen LogP contribution in [0.15, 0.2) is 60.7 Å². The first-order valence-corrected chi connectivity index (χ1v) is 8.92. The molecule has 0 saturated heterocycles. The first-order valence-electron chi connectivity index (χ1n) is 7.51. The Morgan fingerprint density at radius 1 is 0.750 bits per heavy atom. The minimum Gasteiger partial charge on any atom is -0.327 e. The van der Waals surface area contributed by atoms with Gasteiger partial charge in [0.15, 0.2) is 0 Å². The van der Waals surface area contributed by atoms with E-state index in [0.29, 0.717) is 11.7 Å². The van der Waals surface area contributed by atoms with E-state index in [1.807, 2.05) is 0 Å². The molecule has 0 heterocycles. The van der Waals surface area contributed by atoms with Crippen LogP contribution < -0.4 is 16.3 Å². The van der Waals surface area contributed by atoms with Crippen molar-refractivity contribution < 1.29 is 0 Å². The minimum absolute atomic E-state index is 0.333. The molecule has 1 aliphatic carbocycles. The number of benzene rings is 2. The van der Waals surface area contributed by atoms with Gasteiger partial charge >= 0.3 is 0 Å². The predicted octanol–water partition coefficient (Wildman–Crippen LogP) is 3.39. The Balaban J connectivity index is 1.99. The fourth-order valence-corrected chi connectivity index (χ4v) is 6.19. The van der Waals surface area contributed by atoms with Crippen molar-refractivity contribution in [1.29, 1.82) is 0 Å². The summed E-state index contributed by atoms with van der Waals surface area (Å²) in [4.78, 5) is 0. The van der Waals surface area contributed by atoms with Gasteiger partial charge in [0.05, 0.1) is 0 Å². The zero-order valence-corrected chi connectivity index (χ0v) is 12.7. The van der Waals surface area contributed by atoms with Gasteiger partial charge in [-0.1, -0.05) is 73.5 Å². The zero-order chi connectivity index (χ0) is 13.8. The Bertz CT molecular complexity index is 486. The van der Waals surface area contributed by atoms with Crippen molar-refractivity contribution in [2.24, 2.45) is 5.73 Å². The highest BCUT2D eigenvalue weighted by Crippen LogP contribution is 2.45. The molecule has 2 atom stereocenters. The summed E-state index contributed by atoms with van der Waals surface area (Å²) < 4.78 is 0. The van der Waals surface area contributed by atoms with E-state index in [9.17, 15) is 0 Å². The van der Waals surface area contributed by atoms with E-state index in [0.717, 1.165) is 0 Å². The van der Waals surface area contributed by atoms with Crippen molar-refractivity contribution in [3.63, 3.8) is 0 Å². The summed E-state index contributed by atoms with van der Waals surface area (Å²) in [6.45, 7) is 0. The average Bonchev–Trinajstić information content (AvgIpc) is 2.52. The quantitative estimate of drug-likeness (QED) is 0.859. The summed E-state index contributed by atoms with van der Waals surface area (Å²) >= 11 is 0. The predicted molar refractivity (Wildman–Crippen MR) is 89.3 cm³/mol. The third-order valence-electron chi connectivity index (χ3n) is 4.18. The van der Waals surface area contributed by atoms with Gasteiger partial charge in [-0.25, -0.2) is 0 Å². The SMILES string of the molecule is NC1CCCCC1P(c1ccccc1)c1ccccc1. The lowest BCUT2D eigenvalue weighted by Crippen LogP contribution is -2.40. The number of nitrogens with two attached hydrogens (primary N) is 1. The summed E-state index contributed by atoms with van der Waals surface area (Å²) in [6, 6.07) is 22.3. The fraction of sp³-hybridized carbons (Fsp3) is 0.333. The first-order chi connectivity index (χ1) is 9.86. The van der Waals surface area contributed by atoms with Gasteiger partial charge in [-0.05, 0) is 31.4 Å². The standard InChI is InChI=1S/C18H22NP/c19-17-13-7-8-14-18(17)20(15-9-3-1-4-10-15)16-11-5-2-6-12-16/h1-6,9-12,17-18H,7-8,13-14,19H2. The van der Waals surface area contributed by atoms with E-state index >= 15 is 0 Å². The van der Waals surface area contributed by atoms with Gasteiger partial charge in [-0.3, -0.25) is 0 Å². The second-order valence-electron chi connectivity index (χ2n) is 5.56. The second-order valence-corrected chi connectivity index (χ2v) is 7.99. The van der Waals surface area contributed by atoms with Crippen LogP contribution in [0.5, 0.6) is 0 Å². The molecular weight excluding hydrogens is 261 g/mol. The summed E-state index contributed by atoms with van der Waals surface area (Å²) in [6.07, 6.45) is 5.08. The molecule has 1 nitrogen and oxygen atoms in total. The van der Waals surface area contributed by atoms with Crippen LogP contribution in [-0.4, -0.2) is 11.7 Å². The molecule has 1 fully saturated rings. The van der Waals surface area contributed by atoms with Gasteiger partial charge < -0.3 is 5.73 Å². The van der Waals surface area contributed by atoms with Gasteiger partial charge in [-0.2, -0.15) is 0 Å². The monoisotopic (exact) mass is 283 g/mol. The Morgan fingerprint density at radius 2 is 1.25 bits per heavy atom. The van der Waals surface area contributed by atoms with Gasteiger partial charge in [0.2, 0.25) is 0 Å². The number of rotatable bonds is 3.